The molecule has 4 heteroatoms. The molecule has 0 aromatic heterocycles. The number of aromatic hydroxyl groups is 2. The molecule has 136 valence electrons. The predicted molar refractivity (Wildman–Crippen MR) is 103 cm³/mol. The molecule has 3 aromatic carbocycles. The van der Waals surface area contributed by atoms with Gasteiger partial charge in [0.1, 0.15) is 11.5 Å². The van der Waals surface area contributed by atoms with E-state index >= 15 is 0 Å². The summed E-state index contributed by atoms with van der Waals surface area (Å²) >= 11 is 0. The van der Waals surface area contributed by atoms with Crippen LogP contribution in [0.1, 0.15) is 21.5 Å². The average Bonchev–Trinajstić information content (AvgIpc) is 2.96. The lowest BCUT2D eigenvalue weighted by atomic mass is 9.78. The maximum atomic E-state index is 13.2. The number of ketones is 1. The van der Waals surface area contributed by atoms with E-state index < -0.39 is 5.41 Å². The summed E-state index contributed by atoms with van der Waals surface area (Å²) in [5.74, 6) is 0.328. The van der Waals surface area contributed by atoms with Crippen molar-refractivity contribution < 1.29 is 20.1 Å². The quantitative estimate of drug-likeness (QED) is 0.663. The molecule has 27 heavy (non-hydrogen) atoms. The third-order valence-corrected chi connectivity index (χ3v) is 5.35. The van der Waals surface area contributed by atoms with Crippen molar-refractivity contribution in [2.75, 3.05) is 6.61 Å². The number of aliphatic hydroxyl groups is 1. The number of rotatable bonds is 4. The first-order valence-corrected chi connectivity index (χ1v) is 8.87. The SMILES string of the molecule is O=C1c2cc(-c3ccc(O)cc3)ccc2C[C@@]1(CO)Cc1ccc(O)cc1. The van der Waals surface area contributed by atoms with E-state index in [4.69, 9.17) is 0 Å². The number of Topliss-reactive ketones (excluding diaryl/α,β-unsaturated/α-hetero) is 1. The van der Waals surface area contributed by atoms with Crippen molar-refractivity contribution in [3.63, 3.8) is 0 Å². The highest BCUT2D eigenvalue weighted by atomic mass is 16.3. The van der Waals surface area contributed by atoms with Crippen LogP contribution in [0.15, 0.2) is 66.7 Å². The largest absolute Gasteiger partial charge is 0.508 e. The molecule has 0 unspecified atom stereocenters. The average molecular weight is 360 g/mol. The summed E-state index contributed by atoms with van der Waals surface area (Å²) in [6, 6.07) is 19.4. The Morgan fingerprint density at radius 1 is 0.815 bits per heavy atom. The minimum absolute atomic E-state index is 0.0475. The zero-order valence-corrected chi connectivity index (χ0v) is 14.7. The third-order valence-electron chi connectivity index (χ3n) is 5.35. The molecule has 0 heterocycles. The minimum Gasteiger partial charge on any atom is -0.508 e. The van der Waals surface area contributed by atoms with Crippen LogP contribution in [0, 0.1) is 5.41 Å². The van der Waals surface area contributed by atoms with Gasteiger partial charge in [-0.25, -0.2) is 0 Å². The zero-order chi connectivity index (χ0) is 19.0. The van der Waals surface area contributed by atoms with Gasteiger partial charge in [0.15, 0.2) is 5.78 Å². The van der Waals surface area contributed by atoms with Crippen LogP contribution in [-0.2, 0) is 12.8 Å². The first-order chi connectivity index (χ1) is 13.0. The third kappa shape index (κ3) is 3.09. The molecule has 0 fully saturated rings. The molecule has 0 spiro atoms. The Morgan fingerprint density at radius 3 is 2.04 bits per heavy atom. The fourth-order valence-electron chi connectivity index (χ4n) is 3.84. The first-order valence-electron chi connectivity index (χ1n) is 8.87. The van der Waals surface area contributed by atoms with Crippen LogP contribution < -0.4 is 0 Å². The molecule has 4 rings (SSSR count). The van der Waals surface area contributed by atoms with Crippen molar-refractivity contribution in [2.24, 2.45) is 5.41 Å². The van der Waals surface area contributed by atoms with Crippen molar-refractivity contribution in [3.8, 4) is 22.6 Å². The van der Waals surface area contributed by atoms with E-state index in [9.17, 15) is 20.1 Å². The molecule has 0 aliphatic heterocycles. The maximum Gasteiger partial charge on any atom is 0.172 e. The Balaban J connectivity index is 1.68. The topological polar surface area (TPSA) is 77.8 Å². The number of aliphatic hydroxyl groups excluding tert-OH is 1. The molecule has 1 atom stereocenters. The molecule has 4 nitrogen and oxygen atoms in total. The summed E-state index contributed by atoms with van der Waals surface area (Å²) in [6.45, 7) is -0.226. The fourth-order valence-corrected chi connectivity index (χ4v) is 3.84. The van der Waals surface area contributed by atoms with E-state index in [0.717, 1.165) is 22.3 Å². The highest BCUT2D eigenvalue weighted by Crippen LogP contribution is 2.41. The van der Waals surface area contributed by atoms with Crippen molar-refractivity contribution in [2.45, 2.75) is 12.8 Å². The smallest absolute Gasteiger partial charge is 0.172 e. The van der Waals surface area contributed by atoms with Crippen molar-refractivity contribution in [3.05, 3.63) is 83.4 Å². The van der Waals surface area contributed by atoms with Crippen LogP contribution in [0.3, 0.4) is 0 Å². The molecule has 0 amide bonds. The normalized spacial score (nSPS) is 18.5. The number of carbonyl (C=O) groups is 1. The number of hydrogen-bond donors (Lipinski definition) is 3. The van der Waals surface area contributed by atoms with Gasteiger partial charge < -0.3 is 15.3 Å². The number of benzene rings is 3. The molecule has 1 aliphatic rings. The number of carbonyl (C=O) groups excluding carboxylic acids is 1. The molecule has 3 N–H and O–H groups in total. The summed E-state index contributed by atoms with van der Waals surface area (Å²) in [5.41, 5.74) is 3.45. The Hall–Kier alpha value is -3.11. The van der Waals surface area contributed by atoms with Gasteiger partial charge in [-0.05, 0) is 65.4 Å². The summed E-state index contributed by atoms with van der Waals surface area (Å²) in [6.07, 6.45) is 0.917. The van der Waals surface area contributed by atoms with Crippen LogP contribution >= 0.6 is 0 Å². The number of phenolic OH excluding ortho intramolecular Hbond substituents is 2. The molecule has 0 bridgehead atoms. The van der Waals surface area contributed by atoms with Crippen molar-refractivity contribution in [1.29, 1.82) is 0 Å². The summed E-state index contributed by atoms with van der Waals surface area (Å²) in [7, 11) is 0. The lowest BCUT2D eigenvalue weighted by molar-refractivity contribution is 0.0677. The van der Waals surface area contributed by atoms with E-state index in [-0.39, 0.29) is 23.9 Å². The second-order valence-corrected chi connectivity index (χ2v) is 7.21. The van der Waals surface area contributed by atoms with Crippen LogP contribution in [0.5, 0.6) is 11.5 Å². The van der Waals surface area contributed by atoms with Gasteiger partial charge in [0.2, 0.25) is 0 Å². The standard InChI is InChI=1S/C23H20O4/c24-14-23(12-15-1-7-19(25)8-2-15)13-18-4-3-17(11-21(18)22(23)27)16-5-9-20(26)10-6-16/h1-11,24-26H,12-14H2/t23-/m1/s1. The number of phenols is 2. The van der Waals surface area contributed by atoms with Gasteiger partial charge in [-0.15, -0.1) is 0 Å². The molecular formula is C23H20O4. The molecule has 3 aromatic rings. The summed E-state index contributed by atoms with van der Waals surface area (Å²) in [5, 5.41) is 29.0. The van der Waals surface area contributed by atoms with E-state index in [1.54, 1.807) is 36.4 Å². The lowest BCUT2D eigenvalue weighted by Gasteiger charge is -2.25. The van der Waals surface area contributed by atoms with Gasteiger partial charge >= 0.3 is 0 Å². The summed E-state index contributed by atoms with van der Waals surface area (Å²) < 4.78 is 0. The van der Waals surface area contributed by atoms with Gasteiger partial charge in [-0.1, -0.05) is 36.4 Å². The monoisotopic (exact) mass is 360 g/mol. The zero-order valence-electron chi connectivity index (χ0n) is 14.7. The fraction of sp³-hybridized carbons (Fsp3) is 0.174. The van der Waals surface area contributed by atoms with E-state index in [1.165, 1.54) is 0 Å². The first kappa shape index (κ1) is 17.3. The highest BCUT2D eigenvalue weighted by molar-refractivity contribution is 6.06. The predicted octanol–water partition coefficient (Wildman–Crippen LogP) is 3.73. The Kier molecular flexibility index (Phi) is 4.21. The van der Waals surface area contributed by atoms with Crippen molar-refractivity contribution in [1.82, 2.24) is 0 Å². The maximum absolute atomic E-state index is 13.2. The molecule has 0 saturated heterocycles. The lowest BCUT2D eigenvalue weighted by Crippen LogP contribution is -2.34. The van der Waals surface area contributed by atoms with Crippen LogP contribution in [0.4, 0.5) is 0 Å². The van der Waals surface area contributed by atoms with E-state index in [0.29, 0.717) is 18.4 Å². The molecular weight excluding hydrogens is 340 g/mol. The molecule has 1 aliphatic carbocycles. The van der Waals surface area contributed by atoms with Gasteiger partial charge in [-0.2, -0.15) is 0 Å². The number of fused-ring (bicyclic) bond motifs is 1. The van der Waals surface area contributed by atoms with Crippen LogP contribution in [0.2, 0.25) is 0 Å². The van der Waals surface area contributed by atoms with E-state index in [1.807, 2.05) is 30.3 Å². The molecule has 0 saturated carbocycles. The number of hydrogen-bond acceptors (Lipinski definition) is 4. The second-order valence-electron chi connectivity index (χ2n) is 7.21. The van der Waals surface area contributed by atoms with Crippen LogP contribution in [0.25, 0.3) is 11.1 Å². The Morgan fingerprint density at radius 2 is 1.41 bits per heavy atom. The van der Waals surface area contributed by atoms with Gasteiger partial charge in [0.05, 0.1) is 12.0 Å². The summed E-state index contributed by atoms with van der Waals surface area (Å²) in [4.78, 5) is 13.2. The van der Waals surface area contributed by atoms with Crippen LogP contribution in [-0.4, -0.2) is 27.7 Å². The van der Waals surface area contributed by atoms with E-state index in [2.05, 4.69) is 0 Å². The molecule has 0 radical (unpaired) electrons. The second kappa shape index (κ2) is 6.56. The highest BCUT2D eigenvalue weighted by Gasteiger charge is 2.45. The minimum atomic E-state index is -0.868. The Labute approximate surface area is 157 Å². The van der Waals surface area contributed by atoms with Crippen molar-refractivity contribution >= 4 is 5.78 Å². The van der Waals surface area contributed by atoms with Gasteiger partial charge in [-0.3, -0.25) is 4.79 Å². The Bertz CT molecular complexity index is 990. The van der Waals surface area contributed by atoms with Gasteiger partial charge in [0.25, 0.3) is 0 Å². The van der Waals surface area contributed by atoms with Gasteiger partial charge in [0, 0.05) is 5.56 Å².